The lowest BCUT2D eigenvalue weighted by Crippen LogP contribution is -2.54. The summed E-state index contributed by atoms with van der Waals surface area (Å²) in [6.07, 6.45) is 8.94. The van der Waals surface area contributed by atoms with Crippen LogP contribution in [0.2, 0.25) is 0 Å². The monoisotopic (exact) mass is 428 g/mol. The summed E-state index contributed by atoms with van der Waals surface area (Å²) in [5, 5.41) is 3.02. The Hall–Kier alpha value is -3.54. The number of aromatic nitrogens is 2. The highest BCUT2D eigenvalue weighted by Gasteiger charge is 2.43. The molecule has 32 heavy (non-hydrogen) atoms. The quantitative estimate of drug-likeness (QED) is 0.649. The van der Waals surface area contributed by atoms with Gasteiger partial charge in [0.2, 0.25) is 5.91 Å². The number of benzene rings is 1. The predicted octanol–water partition coefficient (Wildman–Crippen LogP) is 3.74. The Morgan fingerprint density at radius 3 is 2.53 bits per heavy atom. The Balaban J connectivity index is 1.62. The molecule has 164 valence electrons. The number of hydrogen-bond acceptors (Lipinski definition) is 4. The van der Waals surface area contributed by atoms with Crippen LogP contribution in [-0.2, 0) is 11.2 Å². The van der Waals surface area contributed by atoms with Crippen molar-refractivity contribution in [3.05, 3.63) is 84.4 Å². The Morgan fingerprint density at radius 2 is 1.81 bits per heavy atom. The Kier molecular flexibility index (Phi) is 6.59. The zero-order valence-electron chi connectivity index (χ0n) is 18.3. The third kappa shape index (κ3) is 4.69. The molecule has 4 rings (SSSR count). The number of rotatable bonds is 6. The summed E-state index contributed by atoms with van der Waals surface area (Å²) in [6.45, 7) is 3.52. The highest BCUT2D eigenvalue weighted by atomic mass is 16.2. The maximum absolute atomic E-state index is 13.3. The van der Waals surface area contributed by atoms with Gasteiger partial charge in [-0.3, -0.25) is 19.6 Å². The maximum Gasteiger partial charge on any atom is 0.255 e. The molecule has 2 aromatic heterocycles. The van der Waals surface area contributed by atoms with Crippen molar-refractivity contribution in [2.75, 3.05) is 19.6 Å². The van der Waals surface area contributed by atoms with Crippen molar-refractivity contribution in [1.82, 2.24) is 20.2 Å². The molecular weight excluding hydrogens is 400 g/mol. The summed E-state index contributed by atoms with van der Waals surface area (Å²) >= 11 is 0. The van der Waals surface area contributed by atoms with E-state index < -0.39 is 5.41 Å². The van der Waals surface area contributed by atoms with Crippen LogP contribution in [0.3, 0.4) is 0 Å². The van der Waals surface area contributed by atoms with Crippen molar-refractivity contribution in [3.63, 3.8) is 0 Å². The first-order valence-electron chi connectivity index (χ1n) is 11.1. The molecular formula is C26H28N4O2. The van der Waals surface area contributed by atoms with Crippen LogP contribution in [0.5, 0.6) is 0 Å². The van der Waals surface area contributed by atoms with Gasteiger partial charge in [0, 0.05) is 44.4 Å². The molecule has 0 saturated carbocycles. The van der Waals surface area contributed by atoms with Gasteiger partial charge in [0.25, 0.3) is 5.91 Å². The fourth-order valence-corrected chi connectivity index (χ4v) is 4.52. The lowest BCUT2D eigenvalue weighted by molar-refractivity contribution is -0.133. The van der Waals surface area contributed by atoms with E-state index in [1.54, 1.807) is 35.6 Å². The number of carbonyl (C=O) groups excluding carboxylic acids is 2. The highest BCUT2D eigenvalue weighted by molar-refractivity contribution is 5.94. The molecule has 0 spiro atoms. The average molecular weight is 429 g/mol. The Labute approximate surface area is 188 Å². The molecule has 0 aliphatic carbocycles. The number of nitrogens with zero attached hydrogens (tertiary/aromatic N) is 3. The SMILES string of the molecule is CCNC(=O)C1(Cc2cccc(-c3cccnc3)c2)CCCN(C(=O)c2cccnc2)C1. The molecule has 0 bridgehead atoms. The van der Waals surface area contributed by atoms with Gasteiger partial charge in [-0.15, -0.1) is 0 Å². The van der Waals surface area contributed by atoms with Crippen LogP contribution in [0.15, 0.2) is 73.3 Å². The number of carbonyl (C=O) groups is 2. The summed E-state index contributed by atoms with van der Waals surface area (Å²) in [5.41, 5.74) is 3.07. The van der Waals surface area contributed by atoms with Gasteiger partial charge in [-0.05, 0) is 61.1 Å². The molecule has 1 fully saturated rings. The summed E-state index contributed by atoms with van der Waals surface area (Å²) < 4.78 is 0. The molecule has 3 aromatic rings. The molecule has 1 aliphatic rings. The minimum absolute atomic E-state index is 0.00969. The normalized spacial score (nSPS) is 18.2. The topological polar surface area (TPSA) is 75.2 Å². The molecule has 1 unspecified atom stereocenters. The van der Waals surface area contributed by atoms with Gasteiger partial charge in [0.1, 0.15) is 0 Å². The van der Waals surface area contributed by atoms with Crippen LogP contribution in [0, 0.1) is 5.41 Å². The van der Waals surface area contributed by atoms with Crippen LogP contribution >= 0.6 is 0 Å². The Morgan fingerprint density at radius 1 is 1.03 bits per heavy atom. The second-order valence-corrected chi connectivity index (χ2v) is 8.33. The van der Waals surface area contributed by atoms with E-state index in [2.05, 4.69) is 33.5 Å². The molecule has 1 aliphatic heterocycles. The number of hydrogen-bond donors (Lipinski definition) is 1. The van der Waals surface area contributed by atoms with Crippen LogP contribution in [0.4, 0.5) is 0 Å². The molecule has 1 aromatic carbocycles. The lowest BCUT2D eigenvalue weighted by atomic mass is 9.74. The number of amides is 2. The van der Waals surface area contributed by atoms with Crippen molar-refractivity contribution < 1.29 is 9.59 Å². The van der Waals surface area contributed by atoms with E-state index in [9.17, 15) is 9.59 Å². The first-order chi connectivity index (χ1) is 15.6. The first kappa shape index (κ1) is 21.7. The molecule has 6 nitrogen and oxygen atoms in total. The number of nitrogens with one attached hydrogen (secondary N) is 1. The summed E-state index contributed by atoms with van der Waals surface area (Å²) in [5.74, 6) is -0.0638. The van der Waals surface area contributed by atoms with Gasteiger partial charge in [0.15, 0.2) is 0 Å². The minimum Gasteiger partial charge on any atom is -0.356 e. The zero-order chi connectivity index (χ0) is 22.4. The van der Waals surface area contributed by atoms with Gasteiger partial charge in [-0.25, -0.2) is 0 Å². The number of piperidine rings is 1. The molecule has 0 radical (unpaired) electrons. The molecule has 1 saturated heterocycles. The van der Waals surface area contributed by atoms with Crippen LogP contribution in [-0.4, -0.2) is 46.3 Å². The smallest absolute Gasteiger partial charge is 0.255 e. The second-order valence-electron chi connectivity index (χ2n) is 8.33. The molecule has 3 heterocycles. The fraction of sp³-hybridized carbons (Fsp3) is 0.308. The minimum atomic E-state index is -0.667. The van der Waals surface area contributed by atoms with E-state index in [0.717, 1.165) is 29.5 Å². The number of pyridine rings is 2. The van der Waals surface area contributed by atoms with Crippen LogP contribution < -0.4 is 5.32 Å². The van der Waals surface area contributed by atoms with Crippen molar-refractivity contribution >= 4 is 11.8 Å². The van der Waals surface area contributed by atoms with E-state index in [4.69, 9.17) is 0 Å². The highest BCUT2D eigenvalue weighted by Crippen LogP contribution is 2.35. The molecule has 2 amide bonds. The molecule has 1 atom stereocenters. The molecule has 1 N–H and O–H groups in total. The van der Waals surface area contributed by atoms with E-state index in [-0.39, 0.29) is 11.8 Å². The van der Waals surface area contributed by atoms with Gasteiger partial charge in [0.05, 0.1) is 11.0 Å². The van der Waals surface area contributed by atoms with Crippen LogP contribution in [0.25, 0.3) is 11.1 Å². The lowest BCUT2D eigenvalue weighted by Gasteiger charge is -2.42. The fourth-order valence-electron chi connectivity index (χ4n) is 4.52. The van der Waals surface area contributed by atoms with Crippen molar-refractivity contribution in [2.24, 2.45) is 5.41 Å². The van der Waals surface area contributed by atoms with Crippen molar-refractivity contribution in [2.45, 2.75) is 26.2 Å². The van der Waals surface area contributed by atoms with Crippen molar-refractivity contribution in [1.29, 1.82) is 0 Å². The number of likely N-dealkylation sites (tertiary alicyclic amines) is 1. The average Bonchev–Trinajstić information content (AvgIpc) is 2.85. The largest absolute Gasteiger partial charge is 0.356 e. The van der Waals surface area contributed by atoms with Crippen LogP contribution in [0.1, 0.15) is 35.7 Å². The standard InChI is InChI=1S/C26H28N4O2/c1-2-29-25(32)26(11-6-14-30(19-26)24(31)23-10-5-13-28-18-23)16-20-7-3-8-21(15-20)22-9-4-12-27-17-22/h3-5,7-10,12-13,15,17-18H,2,6,11,14,16,19H2,1H3,(H,29,32). The van der Waals surface area contributed by atoms with Gasteiger partial charge >= 0.3 is 0 Å². The third-order valence-corrected chi connectivity index (χ3v) is 6.06. The van der Waals surface area contributed by atoms with Gasteiger partial charge in [-0.1, -0.05) is 30.3 Å². The maximum atomic E-state index is 13.3. The Bertz CT molecular complexity index is 1070. The van der Waals surface area contributed by atoms with E-state index in [1.807, 2.05) is 31.3 Å². The van der Waals surface area contributed by atoms with E-state index in [0.29, 0.717) is 31.6 Å². The third-order valence-electron chi connectivity index (χ3n) is 6.06. The zero-order valence-corrected chi connectivity index (χ0v) is 18.3. The first-order valence-corrected chi connectivity index (χ1v) is 11.1. The predicted molar refractivity (Wildman–Crippen MR) is 124 cm³/mol. The summed E-state index contributed by atoms with van der Waals surface area (Å²) in [4.78, 5) is 36.5. The second kappa shape index (κ2) is 9.73. The summed E-state index contributed by atoms with van der Waals surface area (Å²) in [7, 11) is 0. The van der Waals surface area contributed by atoms with E-state index >= 15 is 0 Å². The summed E-state index contributed by atoms with van der Waals surface area (Å²) in [6, 6.07) is 15.7. The van der Waals surface area contributed by atoms with E-state index in [1.165, 1.54) is 0 Å². The molecule has 6 heteroatoms. The van der Waals surface area contributed by atoms with Gasteiger partial charge in [-0.2, -0.15) is 0 Å². The van der Waals surface area contributed by atoms with Gasteiger partial charge < -0.3 is 10.2 Å². The van der Waals surface area contributed by atoms with Crippen molar-refractivity contribution in [3.8, 4) is 11.1 Å².